The minimum absolute atomic E-state index is 0.390. The molecule has 0 amide bonds. The minimum Gasteiger partial charge on any atom is -0.357 e. The van der Waals surface area contributed by atoms with Crippen LogP contribution >= 0.6 is 0 Å². The third-order valence-electron chi connectivity index (χ3n) is 2.11. The van der Waals surface area contributed by atoms with Crippen molar-refractivity contribution in [3.63, 3.8) is 0 Å². The maximum absolute atomic E-state index is 13.4. The van der Waals surface area contributed by atoms with E-state index in [1.54, 1.807) is 24.7 Å². The van der Waals surface area contributed by atoms with Crippen molar-refractivity contribution in [2.24, 2.45) is 7.05 Å². The zero-order chi connectivity index (χ0) is 10.8. The van der Waals surface area contributed by atoms with Gasteiger partial charge in [0.05, 0.1) is 11.8 Å². The summed E-state index contributed by atoms with van der Waals surface area (Å²) >= 11 is 0. The van der Waals surface area contributed by atoms with Crippen molar-refractivity contribution < 1.29 is 4.39 Å². The predicted octanol–water partition coefficient (Wildman–Crippen LogP) is 1.06. The van der Waals surface area contributed by atoms with Crippen molar-refractivity contribution in [1.82, 2.24) is 19.7 Å². The quantitative estimate of drug-likeness (QED) is 0.800. The number of halogens is 1. The number of rotatable bonds is 2. The van der Waals surface area contributed by atoms with E-state index in [4.69, 9.17) is 0 Å². The second-order valence-electron chi connectivity index (χ2n) is 3.01. The number of aromatic nitrogens is 4. The van der Waals surface area contributed by atoms with E-state index >= 15 is 0 Å². The Morgan fingerprint density at radius 2 is 2.20 bits per heavy atom. The molecule has 0 saturated heterocycles. The molecule has 2 aromatic heterocycles. The highest BCUT2D eigenvalue weighted by Gasteiger charge is 2.12. The van der Waals surface area contributed by atoms with E-state index in [9.17, 15) is 4.39 Å². The minimum atomic E-state index is -0.407. The summed E-state index contributed by atoms with van der Waals surface area (Å²) in [6.07, 6.45) is 2.68. The lowest BCUT2D eigenvalue weighted by Gasteiger charge is -2.03. The maximum Gasteiger partial charge on any atom is 0.224 e. The standard InChI is InChI=1S/C9H10FN5/c1-11-9-14-13-8(15(9)2)6-3-4-12-5-7(6)10/h3-5H,1-2H3,(H,11,14). The van der Waals surface area contributed by atoms with Crippen LogP contribution in [0.15, 0.2) is 18.5 Å². The number of hydrogen-bond donors (Lipinski definition) is 1. The number of hydrogen-bond acceptors (Lipinski definition) is 4. The molecule has 0 atom stereocenters. The Hall–Kier alpha value is -1.98. The summed E-state index contributed by atoms with van der Waals surface area (Å²) in [7, 11) is 3.50. The molecule has 0 aliphatic rings. The SMILES string of the molecule is CNc1nnc(-c2ccncc2F)n1C. The molecule has 0 unspecified atom stereocenters. The Labute approximate surface area is 86.0 Å². The van der Waals surface area contributed by atoms with E-state index in [0.717, 1.165) is 6.20 Å². The van der Waals surface area contributed by atoms with Gasteiger partial charge in [-0.25, -0.2) is 4.39 Å². The van der Waals surface area contributed by atoms with Crippen LogP contribution in [0.25, 0.3) is 11.4 Å². The fraction of sp³-hybridized carbons (Fsp3) is 0.222. The Morgan fingerprint density at radius 1 is 1.40 bits per heavy atom. The zero-order valence-electron chi connectivity index (χ0n) is 8.40. The lowest BCUT2D eigenvalue weighted by molar-refractivity contribution is 0.622. The largest absolute Gasteiger partial charge is 0.357 e. The van der Waals surface area contributed by atoms with Crippen molar-refractivity contribution >= 4 is 5.95 Å². The zero-order valence-corrected chi connectivity index (χ0v) is 8.40. The van der Waals surface area contributed by atoms with Crippen LogP contribution in [0.2, 0.25) is 0 Å². The molecule has 0 fully saturated rings. The van der Waals surface area contributed by atoms with Gasteiger partial charge in [0.15, 0.2) is 11.6 Å². The van der Waals surface area contributed by atoms with Gasteiger partial charge in [-0.1, -0.05) is 0 Å². The van der Waals surface area contributed by atoms with Crippen LogP contribution in [0.3, 0.4) is 0 Å². The Morgan fingerprint density at radius 3 is 2.80 bits per heavy atom. The molecule has 0 aliphatic carbocycles. The fourth-order valence-electron chi connectivity index (χ4n) is 1.34. The Bertz CT molecular complexity index is 479. The molecule has 0 spiro atoms. The molecule has 6 heteroatoms. The van der Waals surface area contributed by atoms with Crippen molar-refractivity contribution in [3.05, 3.63) is 24.3 Å². The number of anilines is 1. The lowest BCUT2D eigenvalue weighted by atomic mass is 10.2. The summed E-state index contributed by atoms with van der Waals surface area (Å²) in [5.74, 6) is 0.649. The van der Waals surface area contributed by atoms with Gasteiger partial charge in [-0.2, -0.15) is 0 Å². The first kappa shape index (κ1) is 9.57. The molecule has 0 radical (unpaired) electrons. The molecule has 1 N–H and O–H groups in total. The molecule has 0 aromatic carbocycles. The van der Waals surface area contributed by atoms with Crippen LogP contribution in [-0.2, 0) is 7.05 Å². The normalized spacial score (nSPS) is 10.3. The molecule has 2 aromatic rings. The van der Waals surface area contributed by atoms with E-state index in [1.807, 2.05) is 0 Å². The van der Waals surface area contributed by atoms with Crippen LogP contribution in [-0.4, -0.2) is 26.8 Å². The molecule has 15 heavy (non-hydrogen) atoms. The number of nitrogens with one attached hydrogen (secondary N) is 1. The van der Waals surface area contributed by atoms with E-state index in [-0.39, 0.29) is 0 Å². The number of nitrogens with zero attached hydrogens (tertiary/aromatic N) is 4. The highest BCUT2D eigenvalue weighted by Crippen LogP contribution is 2.20. The lowest BCUT2D eigenvalue weighted by Crippen LogP contribution is -2.00. The molecule has 2 rings (SSSR count). The topological polar surface area (TPSA) is 55.6 Å². The first-order valence-corrected chi connectivity index (χ1v) is 4.41. The van der Waals surface area contributed by atoms with Gasteiger partial charge >= 0.3 is 0 Å². The van der Waals surface area contributed by atoms with Gasteiger partial charge in [-0.3, -0.25) is 9.55 Å². The van der Waals surface area contributed by atoms with Gasteiger partial charge in [-0.15, -0.1) is 10.2 Å². The second kappa shape index (κ2) is 3.64. The smallest absolute Gasteiger partial charge is 0.224 e. The van der Waals surface area contributed by atoms with Gasteiger partial charge in [0, 0.05) is 20.3 Å². The van der Waals surface area contributed by atoms with Crippen LogP contribution in [0.4, 0.5) is 10.3 Å². The Kier molecular flexibility index (Phi) is 2.32. The summed E-state index contributed by atoms with van der Waals surface area (Å²) in [4.78, 5) is 3.68. The first-order valence-electron chi connectivity index (χ1n) is 4.41. The molecule has 0 saturated carbocycles. The molecule has 0 bridgehead atoms. The van der Waals surface area contributed by atoms with Crippen molar-refractivity contribution in [1.29, 1.82) is 0 Å². The van der Waals surface area contributed by atoms with Crippen LogP contribution in [0.5, 0.6) is 0 Å². The van der Waals surface area contributed by atoms with Gasteiger partial charge < -0.3 is 5.32 Å². The molecule has 5 nitrogen and oxygen atoms in total. The average molecular weight is 207 g/mol. The molecule has 78 valence electrons. The molecular formula is C9H10FN5. The van der Waals surface area contributed by atoms with Crippen LogP contribution in [0.1, 0.15) is 0 Å². The predicted molar refractivity (Wildman–Crippen MR) is 53.7 cm³/mol. The van der Waals surface area contributed by atoms with E-state index in [0.29, 0.717) is 17.3 Å². The van der Waals surface area contributed by atoms with Gasteiger partial charge in [0.2, 0.25) is 5.95 Å². The van der Waals surface area contributed by atoms with Crippen molar-refractivity contribution in [2.75, 3.05) is 12.4 Å². The highest BCUT2D eigenvalue weighted by molar-refractivity contribution is 5.57. The second-order valence-corrected chi connectivity index (χ2v) is 3.01. The van der Waals surface area contributed by atoms with Crippen LogP contribution < -0.4 is 5.32 Å². The fourth-order valence-corrected chi connectivity index (χ4v) is 1.34. The van der Waals surface area contributed by atoms with Crippen molar-refractivity contribution in [3.8, 4) is 11.4 Å². The average Bonchev–Trinajstić information content (AvgIpc) is 2.60. The summed E-state index contributed by atoms with van der Waals surface area (Å²) in [6, 6.07) is 1.57. The summed E-state index contributed by atoms with van der Waals surface area (Å²) in [6.45, 7) is 0. The van der Waals surface area contributed by atoms with Crippen molar-refractivity contribution in [2.45, 2.75) is 0 Å². The summed E-state index contributed by atoms with van der Waals surface area (Å²) in [5, 5.41) is 10.6. The molecular weight excluding hydrogens is 197 g/mol. The summed E-state index contributed by atoms with van der Waals surface area (Å²) in [5.41, 5.74) is 0.390. The monoisotopic (exact) mass is 207 g/mol. The number of pyridine rings is 1. The van der Waals surface area contributed by atoms with E-state index in [2.05, 4.69) is 20.5 Å². The third kappa shape index (κ3) is 1.54. The van der Waals surface area contributed by atoms with Gasteiger partial charge in [-0.05, 0) is 6.07 Å². The molecule has 0 aliphatic heterocycles. The van der Waals surface area contributed by atoms with E-state index in [1.165, 1.54) is 6.20 Å². The third-order valence-corrected chi connectivity index (χ3v) is 2.11. The first-order chi connectivity index (χ1) is 7.24. The molecule has 2 heterocycles. The van der Waals surface area contributed by atoms with Gasteiger partial charge in [0.1, 0.15) is 0 Å². The van der Waals surface area contributed by atoms with Gasteiger partial charge in [0.25, 0.3) is 0 Å². The Balaban J connectivity index is 2.55. The van der Waals surface area contributed by atoms with Crippen LogP contribution in [0, 0.1) is 5.82 Å². The maximum atomic E-state index is 13.4. The highest BCUT2D eigenvalue weighted by atomic mass is 19.1. The van der Waals surface area contributed by atoms with E-state index < -0.39 is 5.82 Å². The summed E-state index contributed by atoms with van der Waals surface area (Å²) < 4.78 is 15.1.